The molecule has 1 heterocycles. The number of aromatic nitrogens is 1. The van der Waals surface area contributed by atoms with Crippen molar-refractivity contribution in [1.29, 1.82) is 0 Å². The summed E-state index contributed by atoms with van der Waals surface area (Å²) in [7, 11) is 3.97. The molecule has 0 bridgehead atoms. The zero-order valence-corrected chi connectivity index (χ0v) is 9.54. The molecule has 3 nitrogen and oxygen atoms in total. The lowest BCUT2D eigenvalue weighted by Gasteiger charge is -2.11. The molecule has 1 rings (SSSR count). The molecule has 0 aliphatic rings. The molecule has 0 saturated heterocycles. The molecule has 0 spiro atoms. The highest BCUT2D eigenvalue weighted by Gasteiger charge is 1.96. The molecule has 1 aromatic heterocycles. The van der Waals surface area contributed by atoms with E-state index in [0.29, 0.717) is 0 Å². The summed E-state index contributed by atoms with van der Waals surface area (Å²) in [6.07, 6.45) is 1.89. The Labute approximate surface area is 91.5 Å². The fraction of sp³-hybridized carbons (Fsp3) is 0.417. The van der Waals surface area contributed by atoms with Crippen LogP contribution < -0.4 is 10.2 Å². The van der Waals surface area contributed by atoms with Crippen molar-refractivity contribution in [3.63, 3.8) is 0 Å². The zero-order chi connectivity index (χ0) is 11.1. The van der Waals surface area contributed by atoms with Crippen molar-refractivity contribution < 1.29 is 0 Å². The lowest BCUT2D eigenvalue weighted by molar-refractivity contribution is 0.766. The van der Waals surface area contributed by atoms with Gasteiger partial charge in [0, 0.05) is 26.8 Å². The van der Waals surface area contributed by atoms with Crippen LogP contribution in [0.2, 0.25) is 0 Å². The normalized spacial score (nSPS) is 9.27. The number of nitrogens with one attached hydrogen (secondary N) is 1. The molecule has 1 aromatic rings. The van der Waals surface area contributed by atoms with Gasteiger partial charge in [0.25, 0.3) is 0 Å². The third-order valence-electron chi connectivity index (χ3n) is 1.99. The van der Waals surface area contributed by atoms with Gasteiger partial charge in [0.15, 0.2) is 0 Å². The first kappa shape index (κ1) is 11.5. The molecule has 0 amide bonds. The second-order valence-corrected chi connectivity index (χ2v) is 3.45. The van der Waals surface area contributed by atoms with Gasteiger partial charge in [-0.25, -0.2) is 4.98 Å². The van der Waals surface area contributed by atoms with E-state index in [-0.39, 0.29) is 0 Å². The van der Waals surface area contributed by atoms with Crippen LogP contribution in [-0.2, 0) is 6.54 Å². The van der Waals surface area contributed by atoms with Gasteiger partial charge in [-0.3, -0.25) is 0 Å². The van der Waals surface area contributed by atoms with Crippen molar-refractivity contribution in [3.8, 4) is 11.8 Å². The Bertz CT molecular complexity index is 343. The predicted octanol–water partition coefficient (Wildman–Crippen LogP) is 1.26. The molecule has 0 radical (unpaired) electrons. The van der Waals surface area contributed by atoms with Crippen molar-refractivity contribution in [3.05, 3.63) is 23.9 Å². The Kier molecular flexibility index (Phi) is 4.65. The smallest absolute Gasteiger partial charge is 0.127 e. The third-order valence-corrected chi connectivity index (χ3v) is 1.99. The molecular weight excluding hydrogens is 186 g/mol. The zero-order valence-electron chi connectivity index (χ0n) is 9.54. The summed E-state index contributed by atoms with van der Waals surface area (Å²) in [6.45, 7) is 3.39. The fourth-order valence-corrected chi connectivity index (χ4v) is 1.14. The highest BCUT2D eigenvalue weighted by molar-refractivity contribution is 5.37. The van der Waals surface area contributed by atoms with Gasteiger partial charge < -0.3 is 10.2 Å². The van der Waals surface area contributed by atoms with E-state index in [1.54, 1.807) is 0 Å². The lowest BCUT2D eigenvalue weighted by Crippen LogP contribution is -2.14. The minimum absolute atomic E-state index is 0.728. The number of pyridine rings is 1. The second-order valence-electron chi connectivity index (χ2n) is 3.45. The number of rotatable bonds is 4. The SMILES string of the molecule is CC#CCNCc1ccc(N(C)C)nc1. The summed E-state index contributed by atoms with van der Waals surface area (Å²) in [5, 5.41) is 3.22. The average Bonchev–Trinajstić information content (AvgIpc) is 2.25. The van der Waals surface area contributed by atoms with Crippen LogP contribution in [0.4, 0.5) is 5.82 Å². The van der Waals surface area contributed by atoms with E-state index in [4.69, 9.17) is 0 Å². The summed E-state index contributed by atoms with van der Waals surface area (Å²) in [6, 6.07) is 4.09. The Balaban J connectivity index is 2.45. The summed E-state index contributed by atoms with van der Waals surface area (Å²) in [4.78, 5) is 6.31. The molecule has 0 aromatic carbocycles. The largest absolute Gasteiger partial charge is 0.363 e. The molecule has 0 aliphatic heterocycles. The molecule has 0 fully saturated rings. The molecule has 0 aliphatic carbocycles. The first-order valence-corrected chi connectivity index (χ1v) is 4.96. The van der Waals surface area contributed by atoms with Gasteiger partial charge in [-0.1, -0.05) is 12.0 Å². The van der Waals surface area contributed by atoms with E-state index in [1.807, 2.05) is 38.2 Å². The number of nitrogens with zero attached hydrogens (tertiary/aromatic N) is 2. The summed E-state index contributed by atoms with van der Waals surface area (Å²) in [5.41, 5.74) is 1.18. The topological polar surface area (TPSA) is 28.2 Å². The minimum Gasteiger partial charge on any atom is -0.363 e. The first-order valence-electron chi connectivity index (χ1n) is 4.96. The van der Waals surface area contributed by atoms with E-state index in [9.17, 15) is 0 Å². The standard InChI is InChI=1S/C12H17N3/c1-4-5-8-13-9-11-6-7-12(14-10-11)15(2)3/h6-7,10,13H,8-9H2,1-3H3. The summed E-state index contributed by atoms with van der Waals surface area (Å²) >= 11 is 0. The van der Waals surface area contributed by atoms with Gasteiger partial charge in [-0.2, -0.15) is 0 Å². The van der Waals surface area contributed by atoms with Crippen LogP contribution in [0, 0.1) is 11.8 Å². The van der Waals surface area contributed by atoms with Crippen molar-refractivity contribution in [2.75, 3.05) is 25.5 Å². The molecule has 1 N–H and O–H groups in total. The minimum atomic E-state index is 0.728. The maximum absolute atomic E-state index is 4.33. The summed E-state index contributed by atoms with van der Waals surface area (Å²) in [5.74, 6) is 6.78. The molecule has 0 saturated carbocycles. The number of hydrogen-bond acceptors (Lipinski definition) is 3. The highest BCUT2D eigenvalue weighted by atomic mass is 15.1. The monoisotopic (exact) mass is 203 g/mol. The van der Waals surface area contributed by atoms with Crippen LogP contribution >= 0.6 is 0 Å². The van der Waals surface area contributed by atoms with Gasteiger partial charge in [0.1, 0.15) is 5.82 Å². The Morgan fingerprint density at radius 1 is 1.40 bits per heavy atom. The molecule has 15 heavy (non-hydrogen) atoms. The fourth-order valence-electron chi connectivity index (χ4n) is 1.14. The van der Waals surface area contributed by atoms with Crippen molar-refractivity contribution in [2.24, 2.45) is 0 Å². The predicted molar refractivity (Wildman–Crippen MR) is 63.7 cm³/mol. The Hall–Kier alpha value is -1.53. The Morgan fingerprint density at radius 2 is 2.20 bits per heavy atom. The van der Waals surface area contributed by atoms with E-state index >= 15 is 0 Å². The van der Waals surface area contributed by atoms with Crippen molar-refractivity contribution in [1.82, 2.24) is 10.3 Å². The molecular formula is C12H17N3. The van der Waals surface area contributed by atoms with E-state index in [1.165, 1.54) is 5.56 Å². The average molecular weight is 203 g/mol. The maximum atomic E-state index is 4.33. The maximum Gasteiger partial charge on any atom is 0.127 e. The van der Waals surface area contributed by atoms with Crippen LogP contribution in [0.3, 0.4) is 0 Å². The third kappa shape index (κ3) is 4.01. The van der Waals surface area contributed by atoms with Gasteiger partial charge in [-0.05, 0) is 18.6 Å². The van der Waals surface area contributed by atoms with Gasteiger partial charge in [0.05, 0.1) is 6.54 Å². The van der Waals surface area contributed by atoms with Crippen LogP contribution in [0.5, 0.6) is 0 Å². The van der Waals surface area contributed by atoms with Crippen LogP contribution in [-0.4, -0.2) is 25.6 Å². The first-order chi connectivity index (χ1) is 7.24. The van der Waals surface area contributed by atoms with Crippen LogP contribution in [0.25, 0.3) is 0 Å². The van der Waals surface area contributed by atoms with Crippen molar-refractivity contribution >= 4 is 5.82 Å². The molecule has 0 atom stereocenters. The summed E-state index contributed by atoms with van der Waals surface area (Å²) < 4.78 is 0. The van der Waals surface area contributed by atoms with Gasteiger partial charge >= 0.3 is 0 Å². The number of hydrogen-bond donors (Lipinski definition) is 1. The highest BCUT2D eigenvalue weighted by Crippen LogP contribution is 2.07. The lowest BCUT2D eigenvalue weighted by atomic mass is 10.3. The van der Waals surface area contributed by atoms with Crippen LogP contribution in [0.15, 0.2) is 18.3 Å². The van der Waals surface area contributed by atoms with Crippen molar-refractivity contribution in [2.45, 2.75) is 13.5 Å². The quantitative estimate of drug-likeness (QED) is 0.590. The molecule has 0 unspecified atom stereocenters. The van der Waals surface area contributed by atoms with E-state index in [0.717, 1.165) is 18.9 Å². The Morgan fingerprint density at radius 3 is 2.73 bits per heavy atom. The second kappa shape index (κ2) is 6.05. The molecule has 3 heteroatoms. The molecule has 80 valence electrons. The van der Waals surface area contributed by atoms with E-state index < -0.39 is 0 Å². The van der Waals surface area contributed by atoms with Gasteiger partial charge in [0.2, 0.25) is 0 Å². The number of anilines is 1. The van der Waals surface area contributed by atoms with E-state index in [2.05, 4.69) is 28.2 Å². The van der Waals surface area contributed by atoms with Gasteiger partial charge in [-0.15, -0.1) is 5.92 Å². The van der Waals surface area contributed by atoms with Crippen LogP contribution in [0.1, 0.15) is 12.5 Å².